The smallest absolute Gasteiger partial charge is 0.410 e. The fraction of sp³-hybridized carbons (Fsp3) is 0.480. The minimum atomic E-state index is -0.541. The molecule has 1 saturated heterocycles. The highest BCUT2D eigenvalue weighted by molar-refractivity contribution is 5.68. The molecule has 2 atom stereocenters. The summed E-state index contributed by atoms with van der Waals surface area (Å²) in [5, 5.41) is 10.0. The van der Waals surface area contributed by atoms with Crippen molar-refractivity contribution < 1.29 is 14.6 Å². The molecule has 1 aliphatic heterocycles. The third-order valence-electron chi connectivity index (χ3n) is 5.50. The fourth-order valence-corrected chi connectivity index (χ4v) is 4.05. The van der Waals surface area contributed by atoms with Gasteiger partial charge in [0, 0.05) is 25.7 Å². The molecule has 1 fully saturated rings. The highest BCUT2D eigenvalue weighted by atomic mass is 16.6. The average molecular weight is 411 g/mol. The van der Waals surface area contributed by atoms with E-state index in [1.165, 1.54) is 11.1 Å². The molecule has 0 aliphatic carbocycles. The average Bonchev–Trinajstić information content (AvgIpc) is 2.73. The predicted octanol–water partition coefficient (Wildman–Crippen LogP) is 4.45. The van der Waals surface area contributed by atoms with Gasteiger partial charge in [-0.2, -0.15) is 0 Å². The summed E-state index contributed by atoms with van der Waals surface area (Å²) < 4.78 is 5.56. The molecular formula is C25H34N2O3. The van der Waals surface area contributed by atoms with E-state index in [1.54, 1.807) is 4.90 Å². The number of carbonyl (C=O) groups is 1. The number of rotatable bonds is 6. The highest BCUT2D eigenvalue weighted by Crippen LogP contribution is 2.26. The Bertz CT molecular complexity index is 748. The molecule has 0 spiro atoms. The summed E-state index contributed by atoms with van der Waals surface area (Å²) in [4.78, 5) is 16.8. The lowest BCUT2D eigenvalue weighted by Gasteiger charge is -2.43. The number of likely N-dealkylation sites (tertiary alicyclic amines) is 1. The van der Waals surface area contributed by atoms with E-state index in [2.05, 4.69) is 53.4 Å². The Hall–Kier alpha value is -2.37. The molecule has 2 aromatic carbocycles. The van der Waals surface area contributed by atoms with Crippen molar-refractivity contribution in [2.24, 2.45) is 0 Å². The van der Waals surface area contributed by atoms with Gasteiger partial charge in [0.15, 0.2) is 0 Å². The molecule has 1 unspecified atom stereocenters. The van der Waals surface area contributed by atoms with Crippen LogP contribution in [0.2, 0.25) is 0 Å². The van der Waals surface area contributed by atoms with Crippen LogP contribution in [0, 0.1) is 0 Å². The fourth-order valence-electron chi connectivity index (χ4n) is 4.05. The maximum Gasteiger partial charge on any atom is 0.410 e. The number of piperidine rings is 1. The first-order valence-electron chi connectivity index (χ1n) is 10.8. The van der Waals surface area contributed by atoms with Crippen molar-refractivity contribution in [3.63, 3.8) is 0 Å². The van der Waals surface area contributed by atoms with Crippen LogP contribution >= 0.6 is 0 Å². The third kappa shape index (κ3) is 6.31. The lowest BCUT2D eigenvalue weighted by atomic mass is 9.95. The summed E-state index contributed by atoms with van der Waals surface area (Å²) in [7, 11) is 0. The molecule has 2 aromatic rings. The second kappa shape index (κ2) is 10.1. The Morgan fingerprint density at radius 1 is 1.03 bits per heavy atom. The zero-order valence-corrected chi connectivity index (χ0v) is 18.3. The van der Waals surface area contributed by atoms with Crippen LogP contribution in [0.3, 0.4) is 0 Å². The molecular weight excluding hydrogens is 376 g/mol. The highest BCUT2D eigenvalue weighted by Gasteiger charge is 2.36. The summed E-state index contributed by atoms with van der Waals surface area (Å²) in [6.45, 7) is 7.81. The molecule has 1 aliphatic rings. The van der Waals surface area contributed by atoms with Gasteiger partial charge in [0.2, 0.25) is 0 Å². The molecule has 1 N–H and O–H groups in total. The third-order valence-corrected chi connectivity index (χ3v) is 5.50. The van der Waals surface area contributed by atoms with Gasteiger partial charge in [0.1, 0.15) is 5.60 Å². The number of nitrogens with zero attached hydrogens (tertiary/aromatic N) is 2. The minimum Gasteiger partial charge on any atom is -0.444 e. The summed E-state index contributed by atoms with van der Waals surface area (Å²) in [5.74, 6) is 0. The lowest BCUT2D eigenvalue weighted by molar-refractivity contribution is -0.0132. The van der Waals surface area contributed by atoms with Gasteiger partial charge < -0.3 is 14.7 Å². The molecule has 0 aromatic heterocycles. The van der Waals surface area contributed by atoms with Crippen molar-refractivity contribution in [1.82, 2.24) is 9.80 Å². The Labute approximate surface area is 180 Å². The zero-order valence-electron chi connectivity index (χ0n) is 18.3. The lowest BCUT2D eigenvalue weighted by Crippen LogP contribution is -2.54. The van der Waals surface area contributed by atoms with Crippen LogP contribution in [0.1, 0.15) is 44.7 Å². The molecule has 3 rings (SSSR count). The number of hydrogen-bond donors (Lipinski definition) is 1. The van der Waals surface area contributed by atoms with Crippen LogP contribution < -0.4 is 0 Å². The van der Waals surface area contributed by atoms with E-state index in [4.69, 9.17) is 4.74 Å². The van der Waals surface area contributed by atoms with Gasteiger partial charge in [-0.25, -0.2) is 4.79 Å². The van der Waals surface area contributed by atoms with Crippen LogP contribution in [0.25, 0.3) is 0 Å². The van der Waals surface area contributed by atoms with Crippen molar-refractivity contribution in [3.05, 3.63) is 71.8 Å². The number of aliphatic hydroxyl groups is 1. The van der Waals surface area contributed by atoms with Crippen LogP contribution in [-0.4, -0.2) is 51.8 Å². The van der Waals surface area contributed by atoms with Gasteiger partial charge in [0.05, 0.1) is 12.6 Å². The first-order chi connectivity index (χ1) is 14.4. The van der Waals surface area contributed by atoms with Crippen molar-refractivity contribution >= 4 is 6.09 Å². The Balaban J connectivity index is 1.74. The SMILES string of the molecule is CC(C)(C)OC(=O)N1CC[C@H](N(Cc2ccccc2)Cc2ccccc2)CC1CO. The molecule has 0 radical (unpaired) electrons. The van der Waals surface area contributed by atoms with Crippen LogP contribution in [0.5, 0.6) is 0 Å². The maximum atomic E-state index is 12.6. The molecule has 30 heavy (non-hydrogen) atoms. The minimum absolute atomic E-state index is 0.0553. The van der Waals surface area contributed by atoms with E-state index >= 15 is 0 Å². The van der Waals surface area contributed by atoms with E-state index < -0.39 is 5.60 Å². The van der Waals surface area contributed by atoms with E-state index in [9.17, 15) is 9.90 Å². The number of aliphatic hydroxyl groups excluding tert-OH is 1. The van der Waals surface area contributed by atoms with Crippen LogP contribution in [0.15, 0.2) is 60.7 Å². The topological polar surface area (TPSA) is 53.0 Å². The number of ether oxygens (including phenoxy) is 1. The van der Waals surface area contributed by atoms with Gasteiger partial charge >= 0.3 is 6.09 Å². The molecule has 0 saturated carbocycles. The van der Waals surface area contributed by atoms with Crippen molar-refractivity contribution in [2.75, 3.05) is 13.2 Å². The largest absolute Gasteiger partial charge is 0.444 e. The number of amides is 1. The standard InChI is InChI=1S/C25H34N2O3/c1-25(2,3)30-24(29)27-15-14-22(16-23(27)19-28)26(17-20-10-6-4-7-11-20)18-21-12-8-5-9-13-21/h4-13,22-23,28H,14-19H2,1-3H3/t22-,23?/m0/s1. The molecule has 5 heteroatoms. The Morgan fingerprint density at radius 2 is 1.57 bits per heavy atom. The van der Waals surface area contributed by atoms with Gasteiger partial charge in [-0.1, -0.05) is 60.7 Å². The van der Waals surface area contributed by atoms with Gasteiger partial charge in [-0.3, -0.25) is 4.90 Å². The normalized spacial score (nSPS) is 19.7. The second-order valence-corrected chi connectivity index (χ2v) is 9.06. The van der Waals surface area contributed by atoms with Gasteiger partial charge in [0.25, 0.3) is 0 Å². The summed E-state index contributed by atoms with van der Waals surface area (Å²) >= 11 is 0. The molecule has 0 bridgehead atoms. The van der Waals surface area contributed by atoms with Crippen molar-refractivity contribution in [3.8, 4) is 0 Å². The van der Waals surface area contributed by atoms with E-state index in [-0.39, 0.29) is 24.8 Å². The Kier molecular flexibility index (Phi) is 7.51. The number of carbonyl (C=O) groups excluding carboxylic acids is 1. The van der Waals surface area contributed by atoms with Gasteiger partial charge in [-0.05, 0) is 44.7 Å². The van der Waals surface area contributed by atoms with Crippen molar-refractivity contribution in [2.45, 2.75) is 64.4 Å². The summed E-state index contributed by atoms with van der Waals surface area (Å²) in [6.07, 6.45) is 1.25. The molecule has 1 amide bonds. The molecule has 162 valence electrons. The number of benzene rings is 2. The molecule has 1 heterocycles. The zero-order chi connectivity index (χ0) is 21.6. The quantitative estimate of drug-likeness (QED) is 0.764. The second-order valence-electron chi connectivity index (χ2n) is 9.06. The van der Waals surface area contributed by atoms with E-state index in [0.29, 0.717) is 6.54 Å². The molecule has 5 nitrogen and oxygen atoms in total. The maximum absolute atomic E-state index is 12.6. The monoisotopic (exact) mass is 410 g/mol. The van der Waals surface area contributed by atoms with Gasteiger partial charge in [-0.15, -0.1) is 0 Å². The van der Waals surface area contributed by atoms with E-state index in [1.807, 2.05) is 32.9 Å². The van der Waals surface area contributed by atoms with Crippen LogP contribution in [0.4, 0.5) is 4.79 Å². The summed E-state index contributed by atoms with van der Waals surface area (Å²) in [5.41, 5.74) is 1.99. The summed E-state index contributed by atoms with van der Waals surface area (Å²) in [6, 6.07) is 21.0. The number of hydrogen-bond acceptors (Lipinski definition) is 4. The predicted molar refractivity (Wildman–Crippen MR) is 119 cm³/mol. The van der Waals surface area contributed by atoms with Crippen LogP contribution in [-0.2, 0) is 17.8 Å². The van der Waals surface area contributed by atoms with E-state index in [0.717, 1.165) is 25.9 Å². The van der Waals surface area contributed by atoms with Crippen molar-refractivity contribution in [1.29, 1.82) is 0 Å². The Morgan fingerprint density at radius 3 is 2.03 bits per heavy atom. The first kappa shape index (κ1) is 22.3. The first-order valence-corrected chi connectivity index (χ1v) is 10.8.